The molecule has 0 aromatic heterocycles. The Morgan fingerprint density at radius 2 is 2.42 bits per heavy atom. The lowest BCUT2D eigenvalue weighted by molar-refractivity contribution is -0.109. The van der Waals surface area contributed by atoms with Gasteiger partial charge in [-0.2, -0.15) is 0 Å². The predicted molar refractivity (Wildman–Crippen MR) is 45.5 cm³/mol. The van der Waals surface area contributed by atoms with Crippen LogP contribution >= 0.6 is 0 Å². The fraction of sp³-hybridized carbons (Fsp3) is 0.300. The molecule has 1 aliphatic heterocycles. The van der Waals surface area contributed by atoms with Gasteiger partial charge >= 0.3 is 0 Å². The maximum absolute atomic E-state index is 10.6. The molecule has 1 aromatic carbocycles. The molecule has 2 rings (SSSR count). The third-order valence-electron chi connectivity index (χ3n) is 2.24. The fourth-order valence-electron chi connectivity index (χ4n) is 1.62. The minimum Gasteiger partial charge on any atom is -0.492 e. The van der Waals surface area contributed by atoms with Gasteiger partial charge in [-0.15, -0.1) is 0 Å². The predicted octanol–water partition coefficient (Wildman–Crippen LogP) is 1.67. The monoisotopic (exact) mass is 162 g/mol. The third-order valence-corrected chi connectivity index (χ3v) is 2.24. The van der Waals surface area contributed by atoms with Crippen molar-refractivity contribution in [2.75, 3.05) is 6.61 Å². The Balaban J connectivity index is 2.55. The molecule has 0 aliphatic carbocycles. The Kier molecular flexibility index (Phi) is 1.61. The van der Waals surface area contributed by atoms with Crippen molar-refractivity contribution in [2.24, 2.45) is 0 Å². The molecule has 0 N–H and O–H groups in total. The zero-order chi connectivity index (χ0) is 8.55. The SMILES string of the molecule is Cc1cccc2c1C(C=O)CO2. The van der Waals surface area contributed by atoms with Crippen LogP contribution in [0.2, 0.25) is 0 Å². The van der Waals surface area contributed by atoms with E-state index in [1.54, 1.807) is 0 Å². The molecule has 0 bridgehead atoms. The number of carbonyl (C=O) groups is 1. The summed E-state index contributed by atoms with van der Waals surface area (Å²) >= 11 is 0. The Bertz CT molecular complexity index is 318. The van der Waals surface area contributed by atoms with Crippen molar-refractivity contribution in [3.8, 4) is 5.75 Å². The van der Waals surface area contributed by atoms with Crippen LogP contribution in [-0.4, -0.2) is 12.9 Å². The van der Waals surface area contributed by atoms with Gasteiger partial charge in [0.2, 0.25) is 0 Å². The quantitative estimate of drug-likeness (QED) is 0.587. The zero-order valence-corrected chi connectivity index (χ0v) is 6.91. The number of aldehydes is 1. The molecule has 1 atom stereocenters. The second kappa shape index (κ2) is 2.63. The number of aryl methyl sites for hydroxylation is 1. The van der Waals surface area contributed by atoms with Gasteiger partial charge in [-0.3, -0.25) is 0 Å². The molecule has 1 aromatic rings. The number of benzene rings is 1. The average Bonchev–Trinajstić information content (AvgIpc) is 2.49. The van der Waals surface area contributed by atoms with Gasteiger partial charge in [-0.25, -0.2) is 0 Å². The molecule has 1 heterocycles. The van der Waals surface area contributed by atoms with Crippen LogP contribution in [0.3, 0.4) is 0 Å². The lowest BCUT2D eigenvalue weighted by atomic mass is 9.98. The molecule has 0 fully saturated rings. The Morgan fingerprint density at radius 3 is 3.17 bits per heavy atom. The number of hydrogen-bond donors (Lipinski definition) is 0. The summed E-state index contributed by atoms with van der Waals surface area (Å²) < 4.78 is 5.35. The smallest absolute Gasteiger partial charge is 0.131 e. The standard InChI is InChI=1S/C10H10O2/c1-7-3-2-4-9-10(7)8(5-11)6-12-9/h2-5,8H,6H2,1H3. The summed E-state index contributed by atoms with van der Waals surface area (Å²) in [6.45, 7) is 2.51. The first-order chi connectivity index (χ1) is 5.83. The van der Waals surface area contributed by atoms with Crippen molar-refractivity contribution in [2.45, 2.75) is 12.8 Å². The summed E-state index contributed by atoms with van der Waals surface area (Å²) in [4.78, 5) is 10.6. The van der Waals surface area contributed by atoms with E-state index in [0.29, 0.717) is 6.61 Å². The highest BCUT2D eigenvalue weighted by molar-refractivity contribution is 5.67. The van der Waals surface area contributed by atoms with Crippen LogP contribution in [0.5, 0.6) is 5.75 Å². The number of carbonyl (C=O) groups excluding carboxylic acids is 1. The van der Waals surface area contributed by atoms with E-state index in [9.17, 15) is 4.79 Å². The van der Waals surface area contributed by atoms with Crippen LogP contribution < -0.4 is 4.74 Å². The summed E-state index contributed by atoms with van der Waals surface area (Å²) in [5, 5.41) is 0. The van der Waals surface area contributed by atoms with Gasteiger partial charge in [0.15, 0.2) is 0 Å². The summed E-state index contributed by atoms with van der Waals surface area (Å²) in [6.07, 6.45) is 0.957. The fourth-order valence-corrected chi connectivity index (χ4v) is 1.62. The van der Waals surface area contributed by atoms with Crippen LogP contribution in [0.15, 0.2) is 18.2 Å². The van der Waals surface area contributed by atoms with Gasteiger partial charge in [0, 0.05) is 5.56 Å². The van der Waals surface area contributed by atoms with E-state index < -0.39 is 0 Å². The highest BCUT2D eigenvalue weighted by Gasteiger charge is 2.24. The first-order valence-corrected chi connectivity index (χ1v) is 4.00. The normalized spacial score (nSPS) is 19.9. The second-order valence-electron chi connectivity index (χ2n) is 3.04. The molecular weight excluding hydrogens is 152 g/mol. The van der Waals surface area contributed by atoms with E-state index >= 15 is 0 Å². The van der Waals surface area contributed by atoms with Gasteiger partial charge in [0.25, 0.3) is 0 Å². The van der Waals surface area contributed by atoms with Crippen molar-refractivity contribution < 1.29 is 9.53 Å². The molecule has 1 unspecified atom stereocenters. The number of fused-ring (bicyclic) bond motifs is 1. The Hall–Kier alpha value is -1.31. The Labute approximate surface area is 71.2 Å². The van der Waals surface area contributed by atoms with Crippen LogP contribution in [0.1, 0.15) is 17.0 Å². The van der Waals surface area contributed by atoms with E-state index in [-0.39, 0.29) is 5.92 Å². The van der Waals surface area contributed by atoms with E-state index in [4.69, 9.17) is 4.74 Å². The Morgan fingerprint density at radius 1 is 1.58 bits per heavy atom. The third kappa shape index (κ3) is 0.916. The molecule has 0 spiro atoms. The number of ether oxygens (including phenoxy) is 1. The topological polar surface area (TPSA) is 26.3 Å². The van der Waals surface area contributed by atoms with Crippen LogP contribution in [0.25, 0.3) is 0 Å². The van der Waals surface area contributed by atoms with Crippen LogP contribution in [0.4, 0.5) is 0 Å². The van der Waals surface area contributed by atoms with E-state index in [0.717, 1.165) is 23.2 Å². The molecule has 0 saturated heterocycles. The second-order valence-corrected chi connectivity index (χ2v) is 3.04. The maximum atomic E-state index is 10.6. The van der Waals surface area contributed by atoms with Crippen LogP contribution in [-0.2, 0) is 4.79 Å². The first kappa shape index (κ1) is 7.35. The molecule has 2 heteroatoms. The van der Waals surface area contributed by atoms with Crippen molar-refractivity contribution >= 4 is 6.29 Å². The first-order valence-electron chi connectivity index (χ1n) is 4.00. The highest BCUT2D eigenvalue weighted by Crippen LogP contribution is 2.34. The molecule has 0 radical (unpaired) electrons. The van der Waals surface area contributed by atoms with Crippen LogP contribution in [0, 0.1) is 6.92 Å². The average molecular weight is 162 g/mol. The minimum absolute atomic E-state index is 0.0544. The maximum Gasteiger partial charge on any atom is 0.131 e. The summed E-state index contributed by atoms with van der Waals surface area (Å²) in [7, 11) is 0. The van der Waals surface area contributed by atoms with Crippen molar-refractivity contribution in [3.05, 3.63) is 29.3 Å². The highest BCUT2D eigenvalue weighted by atomic mass is 16.5. The largest absolute Gasteiger partial charge is 0.492 e. The van der Waals surface area contributed by atoms with E-state index in [1.807, 2.05) is 25.1 Å². The van der Waals surface area contributed by atoms with Gasteiger partial charge in [-0.1, -0.05) is 12.1 Å². The molecule has 1 aliphatic rings. The lowest BCUT2D eigenvalue weighted by Crippen LogP contribution is -2.01. The molecule has 0 amide bonds. The van der Waals surface area contributed by atoms with E-state index in [1.165, 1.54) is 0 Å². The lowest BCUT2D eigenvalue weighted by Gasteiger charge is -2.02. The summed E-state index contributed by atoms with van der Waals surface area (Å²) in [6, 6.07) is 5.86. The minimum atomic E-state index is -0.0544. The van der Waals surface area contributed by atoms with Crippen molar-refractivity contribution in [3.63, 3.8) is 0 Å². The van der Waals surface area contributed by atoms with Gasteiger partial charge in [-0.05, 0) is 18.6 Å². The van der Waals surface area contributed by atoms with Gasteiger partial charge in [0.05, 0.1) is 5.92 Å². The van der Waals surface area contributed by atoms with Crippen molar-refractivity contribution in [1.82, 2.24) is 0 Å². The molecule has 62 valence electrons. The number of rotatable bonds is 1. The summed E-state index contributed by atoms with van der Waals surface area (Å²) in [5.41, 5.74) is 2.20. The van der Waals surface area contributed by atoms with Crippen molar-refractivity contribution in [1.29, 1.82) is 0 Å². The molecule has 2 nitrogen and oxygen atoms in total. The molecule has 12 heavy (non-hydrogen) atoms. The zero-order valence-electron chi connectivity index (χ0n) is 6.91. The van der Waals surface area contributed by atoms with E-state index in [2.05, 4.69) is 0 Å². The van der Waals surface area contributed by atoms with Gasteiger partial charge < -0.3 is 9.53 Å². The van der Waals surface area contributed by atoms with Gasteiger partial charge in [0.1, 0.15) is 18.6 Å². The summed E-state index contributed by atoms with van der Waals surface area (Å²) in [5.74, 6) is 0.813. The molecule has 0 saturated carbocycles. The molecular formula is C10H10O2. The number of hydrogen-bond acceptors (Lipinski definition) is 2.